The van der Waals surface area contributed by atoms with Crippen LogP contribution in [0.15, 0.2) is 12.1 Å². The van der Waals surface area contributed by atoms with Crippen molar-refractivity contribution in [3.8, 4) is 0 Å². The molecule has 3 nitrogen and oxygen atoms in total. The first-order chi connectivity index (χ1) is 9.68. The standard InChI is InChI=1S/C14H19Cl3N2O/c15-12-2-3-13(16)14(17)11(12)10-18-4-1-5-19-6-8-20-9-7-19/h2-3,18H,1,4-10H2. The molecule has 0 aromatic heterocycles. The Kier molecular flexibility index (Phi) is 6.88. The third kappa shape index (κ3) is 4.76. The maximum atomic E-state index is 6.15. The van der Waals surface area contributed by atoms with E-state index in [4.69, 9.17) is 39.5 Å². The molecule has 1 saturated heterocycles. The molecule has 1 heterocycles. The lowest BCUT2D eigenvalue weighted by molar-refractivity contribution is 0.0374. The molecule has 20 heavy (non-hydrogen) atoms. The number of hydrogen-bond donors (Lipinski definition) is 1. The Morgan fingerprint density at radius 1 is 1.10 bits per heavy atom. The topological polar surface area (TPSA) is 24.5 Å². The zero-order valence-electron chi connectivity index (χ0n) is 11.3. The van der Waals surface area contributed by atoms with E-state index >= 15 is 0 Å². The van der Waals surface area contributed by atoms with Gasteiger partial charge >= 0.3 is 0 Å². The number of nitrogens with zero attached hydrogens (tertiary/aromatic N) is 1. The molecule has 1 aromatic carbocycles. The van der Waals surface area contributed by atoms with E-state index in [-0.39, 0.29) is 0 Å². The molecule has 0 atom stereocenters. The summed E-state index contributed by atoms with van der Waals surface area (Å²) in [6.45, 7) is 6.42. The fourth-order valence-electron chi connectivity index (χ4n) is 2.20. The number of nitrogens with one attached hydrogen (secondary N) is 1. The van der Waals surface area contributed by atoms with Gasteiger partial charge in [0, 0.05) is 30.2 Å². The van der Waals surface area contributed by atoms with E-state index in [9.17, 15) is 0 Å². The van der Waals surface area contributed by atoms with Gasteiger partial charge in [0.25, 0.3) is 0 Å². The lowest BCUT2D eigenvalue weighted by Crippen LogP contribution is -2.37. The number of halogens is 3. The molecule has 0 aliphatic carbocycles. The monoisotopic (exact) mass is 336 g/mol. The summed E-state index contributed by atoms with van der Waals surface area (Å²) in [5.41, 5.74) is 0.868. The van der Waals surface area contributed by atoms with Crippen LogP contribution in [0, 0.1) is 0 Å². The van der Waals surface area contributed by atoms with Gasteiger partial charge in [0.05, 0.1) is 23.3 Å². The molecule has 1 aromatic rings. The van der Waals surface area contributed by atoms with Crippen molar-refractivity contribution in [1.29, 1.82) is 0 Å². The lowest BCUT2D eigenvalue weighted by atomic mass is 10.2. The fourth-order valence-corrected chi connectivity index (χ4v) is 2.88. The summed E-state index contributed by atoms with van der Waals surface area (Å²) in [6, 6.07) is 3.49. The van der Waals surface area contributed by atoms with Crippen LogP contribution in [0.1, 0.15) is 12.0 Å². The van der Waals surface area contributed by atoms with Crippen molar-refractivity contribution < 1.29 is 4.74 Å². The predicted octanol–water partition coefficient (Wildman–Crippen LogP) is 3.46. The first kappa shape index (κ1) is 16.3. The summed E-state index contributed by atoms with van der Waals surface area (Å²) < 4.78 is 5.32. The second kappa shape index (κ2) is 8.42. The van der Waals surface area contributed by atoms with E-state index in [2.05, 4.69) is 10.2 Å². The van der Waals surface area contributed by atoms with Gasteiger partial charge in [-0.25, -0.2) is 0 Å². The van der Waals surface area contributed by atoms with Crippen LogP contribution in [-0.4, -0.2) is 44.3 Å². The van der Waals surface area contributed by atoms with E-state index in [1.54, 1.807) is 12.1 Å². The zero-order chi connectivity index (χ0) is 14.4. The van der Waals surface area contributed by atoms with Crippen molar-refractivity contribution in [3.63, 3.8) is 0 Å². The van der Waals surface area contributed by atoms with Gasteiger partial charge in [-0.05, 0) is 31.6 Å². The largest absolute Gasteiger partial charge is 0.379 e. The van der Waals surface area contributed by atoms with Crippen molar-refractivity contribution in [2.45, 2.75) is 13.0 Å². The van der Waals surface area contributed by atoms with Crippen molar-refractivity contribution in [2.24, 2.45) is 0 Å². The average molecular weight is 338 g/mol. The Morgan fingerprint density at radius 2 is 1.80 bits per heavy atom. The second-order valence-electron chi connectivity index (χ2n) is 4.81. The van der Waals surface area contributed by atoms with Crippen LogP contribution in [0.3, 0.4) is 0 Å². The van der Waals surface area contributed by atoms with Gasteiger partial charge in [-0.1, -0.05) is 34.8 Å². The fraction of sp³-hybridized carbons (Fsp3) is 0.571. The number of hydrogen-bond acceptors (Lipinski definition) is 3. The summed E-state index contributed by atoms with van der Waals surface area (Å²) in [5.74, 6) is 0. The highest BCUT2D eigenvalue weighted by Crippen LogP contribution is 2.31. The van der Waals surface area contributed by atoms with Crippen molar-refractivity contribution in [1.82, 2.24) is 10.2 Å². The first-order valence-electron chi connectivity index (χ1n) is 6.81. The molecule has 112 valence electrons. The molecule has 1 aliphatic heterocycles. The molecule has 0 amide bonds. The van der Waals surface area contributed by atoms with Crippen molar-refractivity contribution >= 4 is 34.8 Å². The smallest absolute Gasteiger partial charge is 0.0652 e. The zero-order valence-corrected chi connectivity index (χ0v) is 13.6. The van der Waals surface area contributed by atoms with Gasteiger partial charge in [-0.15, -0.1) is 0 Å². The van der Waals surface area contributed by atoms with Gasteiger partial charge in [0.1, 0.15) is 0 Å². The molecule has 1 N–H and O–H groups in total. The van der Waals surface area contributed by atoms with E-state index in [1.807, 2.05) is 0 Å². The number of benzene rings is 1. The molecule has 1 aliphatic rings. The van der Waals surface area contributed by atoms with Crippen molar-refractivity contribution in [2.75, 3.05) is 39.4 Å². The van der Waals surface area contributed by atoms with Crippen LogP contribution >= 0.6 is 34.8 Å². The third-order valence-corrected chi connectivity index (χ3v) is 4.57. The van der Waals surface area contributed by atoms with Crippen LogP contribution in [-0.2, 0) is 11.3 Å². The van der Waals surface area contributed by atoms with E-state index in [1.165, 1.54) is 0 Å². The van der Waals surface area contributed by atoms with Crippen molar-refractivity contribution in [3.05, 3.63) is 32.8 Å². The van der Waals surface area contributed by atoms with E-state index < -0.39 is 0 Å². The maximum absolute atomic E-state index is 6.15. The Bertz CT molecular complexity index is 437. The summed E-state index contributed by atoms with van der Waals surface area (Å²) in [4.78, 5) is 2.42. The van der Waals surface area contributed by atoms with Gasteiger partial charge in [0.2, 0.25) is 0 Å². The predicted molar refractivity (Wildman–Crippen MR) is 85.1 cm³/mol. The highest BCUT2D eigenvalue weighted by molar-refractivity contribution is 6.44. The Morgan fingerprint density at radius 3 is 2.55 bits per heavy atom. The van der Waals surface area contributed by atoms with E-state index in [0.717, 1.165) is 51.4 Å². The molecule has 0 saturated carbocycles. The average Bonchev–Trinajstić information content (AvgIpc) is 2.47. The van der Waals surface area contributed by atoms with Crippen LogP contribution in [0.25, 0.3) is 0 Å². The number of morpholine rings is 1. The number of rotatable bonds is 6. The lowest BCUT2D eigenvalue weighted by Gasteiger charge is -2.26. The Labute approximate surface area is 135 Å². The minimum atomic E-state index is 0.542. The molecule has 0 spiro atoms. The molecule has 6 heteroatoms. The minimum Gasteiger partial charge on any atom is -0.379 e. The van der Waals surface area contributed by atoms with Crippen LogP contribution in [0.4, 0.5) is 0 Å². The number of ether oxygens (including phenoxy) is 1. The third-order valence-electron chi connectivity index (χ3n) is 3.37. The summed E-state index contributed by atoms with van der Waals surface area (Å²) in [7, 11) is 0. The summed E-state index contributed by atoms with van der Waals surface area (Å²) in [6.07, 6.45) is 1.09. The van der Waals surface area contributed by atoms with Gasteiger partial charge in [0.15, 0.2) is 0 Å². The van der Waals surface area contributed by atoms with Gasteiger partial charge in [-0.3, -0.25) is 4.90 Å². The van der Waals surface area contributed by atoms with Gasteiger partial charge in [-0.2, -0.15) is 0 Å². The Hall–Kier alpha value is -0.0300. The minimum absolute atomic E-state index is 0.542. The van der Waals surface area contributed by atoms with E-state index in [0.29, 0.717) is 21.6 Å². The molecule has 0 bridgehead atoms. The molecule has 0 radical (unpaired) electrons. The Balaban J connectivity index is 1.69. The molecular formula is C14H19Cl3N2O. The summed E-state index contributed by atoms with van der Waals surface area (Å²) >= 11 is 18.3. The normalized spacial score (nSPS) is 16.6. The van der Waals surface area contributed by atoms with Crippen LogP contribution in [0.2, 0.25) is 15.1 Å². The summed E-state index contributed by atoms with van der Waals surface area (Å²) in [5, 5.41) is 5.10. The first-order valence-corrected chi connectivity index (χ1v) is 7.95. The highest BCUT2D eigenvalue weighted by atomic mass is 35.5. The molecule has 2 rings (SSSR count). The molecular weight excluding hydrogens is 319 g/mol. The molecule has 0 unspecified atom stereocenters. The second-order valence-corrected chi connectivity index (χ2v) is 6.00. The highest BCUT2D eigenvalue weighted by Gasteiger charge is 2.10. The maximum Gasteiger partial charge on any atom is 0.0652 e. The van der Waals surface area contributed by atoms with Crippen LogP contribution < -0.4 is 5.32 Å². The molecule has 1 fully saturated rings. The SMILES string of the molecule is Clc1ccc(Cl)c(CNCCCN2CCOCC2)c1Cl. The van der Waals surface area contributed by atoms with Gasteiger partial charge < -0.3 is 10.1 Å². The van der Waals surface area contributed by atoms with Crippen LogP contribution in [0.5, 0.6) is 0 Å². The quantitative estimate of drug-likeness (QED) is 0.635.